The van der Waals surface area contributed by atoms with Gasteiger partial charge in [-0.2, -0.15) is 0 Å². The first-order chi connectivity index (χ1) is 16.8. The highest BCUT2D eigenvalue weighted by Crippen LogP contribution is 2.60. The Morgan fingerprint density at radius 3 is 2.39 bits per heavy atom. The first-order valence-corrected chi connectivity index (χ1v) is 12.4. The van der Waals surface area contributed by atoms with Crippen LogP contribution in [0.25, 0.3) is 6.08 Å². The zero-order valence-electron chi connectivity index (χ0n) is 21.3. The molecule has 0 saturated heterocycles. The van der Waals surface area contributed by atoms with E-state index in [9.17, 15) is 30.0 Å². The van der Waals surface area contributed by atoms with E-state index < -0.39 is 58.5 Å². The molecular formula is C29H36O7. The Morgan fingerprint density at radius 1 is 1.11 bits per heavy atom. The molecule has 0 radical (unpaired) electrons. The van der Waals surface area contributed by atoms with Gasteiger partial charge < -0.3 is 25.2 Å². The summed E-state index contributed by atoms with van der Waals surface area (Å²) in [7, 11) is 0. The van der Waals surface area contributed by atoms with Gasteiger partial charge in [0, 0.05) is 29.2 Å². The number of allylic oxidation sites excluding steroid dienone is 1. The molecule has 0 aliphatic heterocycles. The Labute approximate surface area is 211 Å². The molecule has 2 fully saturated rings. The molecule has 1 aromatic rings. The van der Waals surface area contributed by atoms with E-state index in [0.717, 1.165) is 5.56 Å². The summed E-state index contributed by atoms with van der Waals surface area (Å²) in [5, 5.41) is 46.4. The van der Waals surface area contributed by atoms with Gasteiger partial charge in [0.25, 0.3) is 0 Å². The summed E-state index contributed by atoms with van der Waals surface area (Å²) >= 11 is 0. The second-order valence-electron chi connectivity index (χ2n) is 11.3. The number of benzene rings is 1. The van der Waals surface area contributed by atoms with Crippen molar-refractivity contribution in [2.75, 3.05) is 0 Å². The number of aliphatic hydroxyl groups excluding tert-OH is 3. The van der Waals surface area contributed by atoms with Gasteiger partial charge in [-0.25, -0.2) is 4.79 Å². The second kappa shape index (κ2) is 9.06. The quantitative estimate of drug-likeness (QED) is 0.288. The van der Waals surface area contributed by atoms with Crippen molar-refractivity contribution in [2.45, 2.75) is 77.0 Å². The van der Waals surface area contributed by atoms with Crippen molar-refractivity contribution in [3.63, 3.8) is 0 Å². The molecule has 1 aromatic carbocycles. The van der Waals surface area contributed by atoms with E-state index in [2.05, 4.69) is 6.58 Å². The zero-order chi connectivity index (χ0) is 26.6. The summed E-state index contributed by atoms with van der Waals surface area (Å²) in [6.45, 7) is 10.8. The van der Waals surface area contributed by atoms with Gasteiger partial charge in [-0.3, -0.25) is 4.79 Å². The molecule has 7 heteroatoms. The fourth-order valence-corrected chi connectivity index (χ4v) is 6.66. The zero-order valence-corrected chi connectivity index (χ0v) is 21.3. The number of esters is 1. The van der Waals surface area contributed by atoms with Crippen LogP contribution < -0.4 is 0 Å². The van der Waals surface area contributed by atoms with Gasteiger partial charge in [0.2, 0.25) is 0 Å². The van der Waals surface area contributed by atoms with E-state index in [1.807, 2.05) is 30.3 Å². The lowest BCUT2D eigenvalue weighted by atomic mass is 9.48. The molecule has 0 aromatic heterocycles. The number of carbonyl (C=O) groups is 2. The number of hydrogen-bond donors (Lipinski definition) is 4. The van der Waals surface area contributed by atoms with Gasteiger partial charge in [-0.1, -0.05) is 57.7 Å². The number of hydrogen-bond acceptors (Lipinski definition) is 7. The molecule has 7 atom stereocenters. The van der Waals surface area contributed by atoms with E-state index >= 15 is 0 Å². The maximum atomic E-state index is 12.9. The van der Waals surface area contributed by atoms with Crippen LogP contribution in [-0.2, 0) is 14.3 Å². The van der Waals surface area contributed by atoms with Gasteiger partial charge in [0.05, 0.1) is 12.2 Å². The predicted octanol–water partition coefficient (Wildman–Crippen LogP) is 2.73. The van der Waals surface area contributed by atoms with Crippen LogP contribution in [0.2, 0.25) is 0 Å². The Balaban J connectivity index is 1.69. The smallest absolute Gasteiger partial charge is 0.331 e. The maximum absolute atomic E-state index is 12.9. The third-order valence-electron chi connectivity index (χ3n) is 9.02. The summed E-state index contributed by atoms with van der Waals surface area (Å²) in [5.41, 5.74) is -2.50. The average molecular weight is 497 g/mol. The molecule has 0 unspecified atom stereocenters. The third kappa shape index (κ3) is 3.89. The third-order valence-corrected chi connectivity index (χ3v) is 9.02. The van der Waals surface area contributed by atoms with Crippen molar-refractivity contribution in [1.29, 1.82) is 0 Å². The van der Waals surface area contributed by atoms with Gasteiger partial charge in [0.1, 0.15) is 17.8 Å². The van der Waals surface area contributed by atoms with E-state index in [4.69, 9.17) is 4.74 Å². The second-order valence-corrected chi connectivity index (χ2v) is 11.3. The van der Waals surface area contributed by atoms with E-state index in [1.165, 1.54) is 6.08 Å². The van der Waals surface area contributed by atoms with Crippen molar-refractivity contribution in [3.8, 4) is 0 Å². The van der Waals surface area contributed by atoms with Crippen molar-refractivity contribution in [1.82, 2.24) is 0 Å². The molecule has 0 spiro atoms. The van der Waals surface area contributed by atoms with Crippen molar-refractivity contribution >= 4 is 17.8 Å². The predicted molar refractivity (Wildman–Crippen MR) is 134 cm³/mol. The maximum Gasteiger partial charge on any atom is 0.331 e. The van der Waals surface area contributed by atoms with Crippen LogP contribution in [0.3, 0.4) is 0 Å². The number of carbonyl (C=O) groups excluding carboxylic acids is 2. The normalized spacial score (nSPS) is 38.4. The van der Waals surface area contributed by atoms with Crippen LogP contribution in [0.5, 0.6) is 0 Å². The van der Waals surface area contributed by atoms with Gasteiger partial charge >= 0.3 is 5.97 Å². The topological polar surface area (TPSA) is 124 Å². The van der Waals surface area contributed by atoms with Crippen LogP contribution in [-0.4, -0.2) is 62.2 Å². The van der Waals surface area contributed by atoms with E-state index in [1.54, 1.807) is 33.8 Å². The van der Waals surface area contributed by atoms with Gasteiger partial charge in [0.15, 0.2) is 5.78 Å². The number of fused-ring (bicyclic) bond motifs is 3. The first kappa shape index (κ1) is 26.5. The summed E-state index contributed by atoms with van der Waals surface area (Å²) in [6.07, 6.45) is -1.78. The SMILES string of the molecule is C=C1[C@@H](OC(=O)/C=C\c2ccccc2)CC[C@@]2(C)[C@@H](O)[C@H](O)C3=C(C)C(=O)C[C@@](O)([C@@H](O)[C@H]12)C3(C)C. The molecule has 194 valence electrons. The summed E-state index contributed by atoms with van der Waals surface area (Å²) in [4.78, 5) is 25.5. The summed E-state index contributed by atoms with van der Waals surface area (Å²) in [6, 6.07) is 9.29. The van der Waals surface area contributed by atoms with Crippen LogP contribution in [0.1, 0.15) is 52.5 Å². The molecule has 36 heavy (non-hydrogen) atoms. The van der Waals surface area contributed by atoms with Crippen molar-refractivity contribution in [2.24, 2.45) is 16.7 Å². The minimum absolute atomic E-state index is 0.248. The van der Waals surface area contributed by atoms with Crippen LogP contribution in [0, 0.1) is 16.7 Å². The standard InChI is InChI=1S/C29H36O7/c1-16-19(30)15-29(35)25(33)23-17(2)20(36-21(31)12-11-18-9-7-6-8-10-18)13-14-28(23,5)26(34)24(32)22(16)27(29,3)4/h6-12,20,23-26,32-35H,2,13-15H2,1,3-5H3/b12-11-/t20-,23-,24+,25-,26-,28+,29+/m0/s1. The number of Topliss-reactive ketones (excluding diaryl/α,β-unsaturated/α-hetero) is 1. The monoisotopic (exact) mass is 496 g/mol. The molecule has 0 heterocycles. The highest BCUT2D eigenvalue weighted by molar-refractivity contribution is 5.98. The summed E-state index contributed by atoms with van der Waals surface area (Å²) < 4.78 is 5.69. The lowest BCUT2D eigenvalue weighted by Crippen LogP contribution is -2.69. The molecule has 2 bridgehead atoms. The van der Waals surface area contributed by atoms with Crippen molar-refractivity contribution in [3.05, 3.63) is 65.3 Å². The Kier molecular flexibility index (Phi) is 6.67. The number of aliphatic hydroxyl groups is 4. The fraction of sp³-hybridized carbons (Fsp3) is 0.517. The summed E-state index contributed by atoms with van der Waals surface area (Å²) in [5.74, 6) is -1.91. The van der Waals surface area contributed by atoms with E-state index in [-0.39, 0.29) is 12.0 Å². The molecule has 4 N–H and O–H groups in total. The van der Waals surface area contributed by atoms with Gasteiger partial charge in [-0.05, 0) is 48.1 Å². The lowest BCUT2D eigenvalue weighted by molar-refractivity contribution is -0.216. The largest absolute Gasteiger partial charge is 0.455 e. The lowest BCUT2D eigenvalue weighted by Gasteiger charge is -2.61. The molecule has 2 saturated carbocycles. The van der Waals surface area contributed by atoms with Crippen LogP contribution in [0.15, 0.2) is 59.7 Å². The van der Waals surface area contributed by atoms with Crippen LogP contribution >= 0.6 is 0 Å². The van der Waals surface area contributed by atoms with E-state index in [0.29, 0.717) is 24.0 Å². The minimum atomic E-state index is -1.92. The molecule has 3 aliphatic carbocycles. The Morgan fingerprint density at radius 2 is 1.75 bits per heavy atom. The molecular weight excluding hydrogens is 460 g/mol. The number of ketones is 1. The highest BCUT2D eigenvalue weighted by Gasteiger charge is 2.66. The Hall–Kier alpha value is -2.58. The molecule has 0 amide bonds. The fourth-order valence-electron chi connectivity index (χ4n) is 6.66. The Bertz CT molecular complexity index is 1130. The number of rotatable bonds is 3. The van der Waals surface area contributed by atoms with Gasteiger partial charge in [-0.15, -0.1) is 0 Å². The molecule has 4 rings (SSSR count). The highest BCUT2D eigenvalue weighted by atomic mass is 16.5. The van der Waals surface area contributed by atoms with Crippen LogP contribution in [0.4, 0.5) is 0 Å². The first-order valence-electron chi connectivity index (χ1n) is 12.4. The minimum Gasteiger partial charge on any atom is -0.455 e. The molecule has 7 nitrogen and oxygen atoms in total. The van der Waals surface area contributed by atoms with Crippen molar-refractivity contribution < 1.29 is 34.8 Å². The molecule has 3 aliphatic rings. The number of ether oxygens (including phenoxy) is 1. The average Bonchev–Trinajstić information content (AvgIpc) is 2.83.